The molecule has 39 heavy (non-hydrogen) atoms. The summed E-state index contributed by atoms with van der Waals surface area (Å²) in [4.78, 5) is 43.0. The molecule has 0 bridgehead atoms. The van der Waals surface area contributed by atoms with Crippen molar-refractivity contribution in [3.05, 3.63) is 28.2 Å². The lowest BCUT2D eigenvalue weighted by Gasteiger charge is -2.49. The van der Waals surface area contributed by atoms with Gasteiger partial charge in [-0.3, -0.25) is 19.9 Å². The maximum atomic E-state index is 13.0. The molecule has 0 saturated carbocycles. The standard InChI is InChI=1S/C19H21N11O5S4/c20-9(21)1-3-37-4-2-29-14(25-27-28-29)13(36)7-5-38-17-11(16(32)30(17)12(7)18(33)34)24-15(31)10(26-35)8-6-39-19(22)23-8/h6,11,17,35H,1-5H2,(H3,20,21)(H2,22,23)(H,24,31)(H,33,34)/b26-10-/t11-,17+/m1/s1. The average Bonchev–Trinajstić information content (AvgIpc) is 3.54. The highest BCUT2D eigenvalue weighted by atomic mass is 32.2. The summed E-state index contributed by atoms with van der Waals surface area (Å²) in [5.41, 5.74) is 10.4. The van der Waals surface area contributed by atoms with Crippen LogP contribution in [0.2, 0.25) is 0 Å². The minimum atomic E-state index is -1.37. The lowest BCUT2D eigenvalue weighted by atomic mass is 10.0. The highest BCUT2D eigenvalue weighted by Crippen LogP contribution is 2.41. The van der Waals surface area contributed by atoms with E-state index in [2.05, 4.69) is 31.0 Å². The minimum Gasteiger partial charge on any atom is -0.477 e. The normalized spacial score (nSPS) is 18.9. The van der Waals surface area contributed by atoms with Crippen LogP contribution in [0.1, 0.15) is 17.9 Å². The van der Waals surface area contributed by atoms with E-state index in [0.29, 0.717) is 24.5 Å². The number of β-lactam (4-membered cyclic amide) rings is 1. The van der Waals surface area contributed by atoms with Crippen LogP contribution in [0.15, 0.2) is 21.8 Å². The van der Waals surface area contributed by atoms with Gasteiger partial charge in [-0.05, 0) is 10.4 Å². The number of nitrogens with zero attached hydrogens (tertiary/aromatic N) is 7. The molecule has 0 unspecified atom stereocenters. The van der Waals surface area contributed by atoms with Crippen molar-refractivity contribution in [3.8, 4) is 0 Å². The second-order valence-corrected chi connectivity index (χ2v) is 11.6. The molecular weight excluding hydrogens is 591 g/mol. The predicted molar refractivity (Wildman–Crippen MR) is 148 cm³/mol. The van der Waals surface area contributed by atoms with Crippen molar-refractivity contribution in [3.63, 3.8) is 0 Å². The summed E-state index contributed by atoms with van der Waals surface area (Å²) in [6, 6.07) is -1.07. The van der Waals surface area contributed by atoms with Crippen molar-refractivity contribution < 1.29 is 24.7 Å². The zero-order chi connectivity index (χ0) is 28.3. The molecule has 4 rings (SSSR count). The first-order valence-corrected chi connectivity index (χ1v) is 14.5. The molecule has 2 aliphatic heterocycles. The molecule has 20 heteroatoms. The van der Waals surface area contributed by atoms with Gasteiger partial charge in [-0.25, -0.2) is 14.5 Å². The number of carboxylic acids is 1. The van der Waals surface area contributed by atoms with Gasteiger partial charge in [-0.1, -0.05) is 17.4 Å². The first-order chi connectivity index (χ1) is 18.6. The van der Waals surface area contributed by atoms with Crippen LogP contribution in [-0.4, -0.2) is 103 Å². The quantitative estimate of drug-likeness (QED) is 0.0249. The van der Waals surface area contributed by atoms with E-state index < -0.39 is 34.9 Å². The number of rotatable bonds is 12. The van der Waals surface area contributed by atoms with E-state index in [9.17, 15) is 24.7 Å². The van der Waals surface area contributed by atoms with E-state index in [4.69, 9.17) is 29.1 Å². The van der Waals surface area contributed by atoms with Crippen molar-refractivity contribution in [1.82, 2.24) is 35.4 Å². The van der Waals surface area contributed by atoms with Crippen LogP contribution in [0, 0.1) is 5.41 Å². The molecule has 2 amide bonds. The number of aromatic nitrogens is 5. The van der Waals surface area contributed by atoms with Gasteiger partial charge in [0, 0.05) is 34.6 Å². The zero-order valence-electron chi connectivity index (χ0n) is 19.8. The van der Waals surface area contributed by atoms with Gasteiger partial charge < -0.3 is 27.1 Å². The number of tetrazole rings is 1. The molecule has 0 aliphatic carbocycles. The number of nitrogen functional groups attached to an aromatic ring is 1. The zero-order valence-corrected chi connectivity index (χ0v) is 23.1. The fourth-order valence-electron chi connectivity index (χ4n) is 3.70. The maximum Gasteiger partial charge on any atom is 0.353 e. The number of thioether (sulfide) groups is 2. The highest BCUT2D eigenvalue weighted by Gasteiger charge is 2.55. The summed E-state index contributed by atoms with van der Waals surface area (Å²) in [6.07, 6.45) is 0.456. The number of nitrogens with one attached hydrogen (secondary N) is 2. The largest absolute Gasteiger partial charge is 0.477 e. The van der Waals surface area contributed by atoms with Gasteiger partial charge in [0.2, 0.25) is 0 Å². The van der Waals surface area contributed by atoms with Crippen LogP contribution in [0.25, 0.3) is 0 Å². The summed E-state index contributed by atoms with van der Waals surface area (Å²) in [5.74, 6) is -1.25. The van der Waals surface area contributed by atoms with E-state index in [0.717, 1.165) is 16.2 Å². The van der Waals surface area contributed by atoms with Crippen molar-refractivity contribution in [2.75, 3.05) is 23.0 Å². The number of aliphatic carboxylic acids is 1. The molecule has 2 aliphatic rings. The Morgan fingerprint density at radius 3 is 2.79 bits per heavy atom. The van der Waals surface area contributed by atoms with Gasteiger partial charge in [0.25, 0.3) is 11.8 Å². The predicted octanol–water partition coefficient (Wildman–Crippen LogP) is -0.894. The summed E-state index contributed by atoms with van der Waals surface area (Å²) in [7, 11) is 0. The van der Waals surface area contributed by atoms with Gasteiger partial charge in [-0.15, -0.1) is 28.2 Å². The number of carbonyl (C=O) groups excluding carboxylic acids is 2. The number of carboxylic acid groups (broad SMARTS) is 1. The molecule has 2 atom stereocenters. The summed E-state index contributed by atoms with van der Waals surface area (Å²) >= 11 is 9.35. The molecule has 1 fully saturated rings. The number of hydrogen-bond donors (Lipinski definition) is 6. The van der Waals surface area contributed by atoms with Gasteiger partial charge in [0.05, 0.1) is 17.2 Å². The highest BCUT2D eigenvalue weighted by molar-refractivity contribution is 8.00. The first kappa shape index (κ1) is 28.4. The number of anilines is 1. The summed E-state index contributed by atoms with van der Waals surface area (Å²) in [6.45, 7) is 0.382. The number of amides is 2. The Kier molecular flexibility index (Phi) is 8.77. The number of carbonyl (C=O) groups is 3. The number of oxime groups is 1. The van der Waals surface area contributed by atoms with Gasteiger partial charge in [0.15, 0.2) is 16.7 Å². The van der Waals surface area contributed by atoms with E-state index in [1.807, 2.05) is 0 Å². The van der Waals surface area contributed by atoms with Gasteiger partial charge >= 0.3 is 5.97 Å². The topological polar surface area (TPSA) is 252 Å². The van der Waals surface area contributed by atoms with Crippen molar-refractivity contribution in [2.45, 2.75) is 24.4 Å². The van der Waals surface area contributed by atoms with Crippen LogP contribution in [-0.2, 0) is 20.9 Å². The molecule has 0 spiro atoms. The van der Waals surface area contributed by atoms with Crippen molar-refractivity contribution in [2.24, 2.45) is 10.9 Å². The van der Waals surface area contributed by atoms with Crippen LogP contribution in [0.4, 0.5) is 5.13 Å². The third-order valence-electron chi connectivity index (χ3n) is 5.51. The van der Waals surface area contributed by atoms with Gasteiger partial charge in [-0.2, -0.15) is 11.8 Å². The Balaban J connectivity index is 1.48. The Bertz CT molecular complexity index is 1400. The number of thiocarbonyl (C=S) groups is 1. The molecular formula is C19H21N11O5S4. The molecule has 0 radical (unpaired) electrons. The smallest absolute Gasteiger partial charge is 0.353 e. The summed E-state index contributed by atoms with van der Waals surface area (Å²) < 4.78 is 1.45. The average molecular weight is 612 g/mol. The number of aryl methyl sites for hydroxylation is 1. The van der Waals surface area contributed by atoms with E-state index in [1.54, 1.807) is 11.8 Å². The lowest BCUT2D eigenvalue weighted by Crippen LogP contribution is -2.71. The Morgan fingerprint density at radius 2 is 2.15 bits per heavy atom. The van der Waals surface area contributed by atoms with Crippen LogP contribution in [0.3, 0.4) is 0 Å². The molecule has 206 valence electrons. The number of fused-ring (bicyclic) bond motifs is 1. The fraction of sp³-hybridized carbons (Fsp3) is 0.368. The Hall–Kier alpha value is -3.62. The maximum absolute atomic E-state index is 13.0. The molecule has 2 aromatic rings. The van der Waals surface area contributed by atoms with Crippen LogP contribution in [0.5, 0.6) is 0 Å². The fourth-order valence-corrected chi connectivity index (χ4v) is 6.88. The van der Waals surface area contributed by atoms with Crippen LogP contribution < -0.4 is 16.8 Å². The third-order valence-corrected chi connectivity index (χ3v) is 8.86. The monoisotopic (exact) mass is 611 g/mol. The number of nitrogens with two attached hydrogens (primary N) is 2. The molecule has 16 nitrogen and oxygen atoms in total. The molecule has 4 heterocycles. The van der Waals surface area contributed by atoms with Crippen molar-refractivity contribution in [1.29, 1.82) is 5.41 Å². The second-order valence-electron chi connectivity index (χ2n) is 7.96. The number of amidine groups is 1. The molecule has 2 aromatic heterocycles. The third kappa shape index (κ3) is 5.87. The minimum absolute atomic E-state index is 0.0335. The SMILES string of the molecule is N=C(N)CCSCCn1nnnc1C(=S)C1=C(C(=O)O)N2C(=O)[C@@H](NC(=O)/C(=N\O)c3csc(N)n3)[C@@H]2SC1. The van der Waals surface area contributed by atoms with E-state index in [1.165, 1.54) is 21.8 Å². The van der Waals surface area contributed by atoms with E-state index >= 15 is 0 Å². The summed E-state index contributed by atoms with van der Waals surface area (Å²) in [5, 5.41) is 44.4. The van der Waals surface area contributed by atoms with Crippen LogP contribution >= 0.6 is 47.1 Å². The Morgan fingerprint density at radius 1 is 1.38 bits per heavy atom. The molecule has 0 aromatic carbocycles. The second kappa shape index (κ2) is 12.1. The Labute approximate surface area is 237 Å². The lowest BCUT2D eigenvalue weighted by molar-refractivity contribution is -0.150. The van der Waals surface area contributed by atoms with E-state index in [-0.39, 0.29) is 44.4 Å². The number of thiazole rings is 1. The number of hydrogen-bond acceptors (Lipinski definition) is 15. The molecule has 1 saturated heterocycles. The van der Waals surface area contributed by atoms with Gasteiger partial charge in [0.1, 0.15) is 22.8 Å². The molecule has 8 N–H and O–H groups in total. The first-order valence-electron chi connectivity index (χ1n) is 11.0. The van der Waals surface area contributed by atoms with Crippen molar-refractivity contribution >= 4 is 86.4 Å².